The molecule has 3 rings (SSSR count). The molecule has 26 heavy (non-hydrogen) atoms. The van der Waals surface area contributed by atoms with Gasteiger partial charge in [-0.05, 0) is 23.8 Å². The van der Waals surface area contributed by atoms with Crippen LogP contribution in [0.1, 0.15) is 27.8 Å². The van der Waals surface area contributed by atoms with E-state index in [9.17, 15) is 4.79 Å². The van der Waals surface area contributed by atoms with Crippen LogP contribution in [0.25, 0.3) is 0 Å². The summed E-state index contributed by atoms with van der Waals surface area (Å²) in [7, 11) is 5.03. The van der Waals surface area contributed by atoms with Crippen LogP contribution in [0.5, 0.6) is 11.6 Å². The number of ether oxygens (including phenoxy) is 2. The Morgan fingerprint density at radius 3 is 2.38 bits per heavy atom. The molecule has 1 aromatic carbocycles. The van der Waals surface area contributed by atoms with E-state index in [0.717, 1.165) is 17.1 Å². The molecule has 0 spiro atoms. The van der Waals surface area contributed by atoms with Gasteiger partial charge in [0, 0.05) is 31.7 Å². The van der Waals surface area contributed by atoms with Gasteiger partial charge in [-0.3, -0.25) is 4.79 Å². The Morgan fingerprint density at radius 2 is 1.85 bits per heavy atom. The average Bonchev–Trinajstić information content (AvgIpc) is 3.11. The molecular weight excluding hydrogens is 332 g/mol. The Morgan fingerprint density at radius 1 is 1.08 bits per heavy atom. The lowest BCUT2D eigenvalue weighted by Crippen LogP contribution is -2.31. The molecule has 0 saturated heterocycles. The first kappa shape index (κ1) is 17.5. The number of imidazole rings is 1. The number of amides is 1. The van der Waals surface area contributed by atoms with Crippen molar-refractivity contribution in [1.29, 1.82) is 0 Å². The molecule has 0 aliphatic carbocycles. The summed E-state index contributed by atoms with van der Waals surface area (Å²) in [4.78, 5) is 21.2. The normalized spacial score (nSPS) is 11.7. The van der Waals surface area contributed by atoms with Crippen LogP contribution in [0.15, 0.2) is 55.0 Å². The van der Waals surface area contributed by atoms with Gasteiger partial charge in [0.25, 0.3) is 5.91 Å². The number of hydrogen-bond acceptors (Lipinski definition) is 5. The minimum absolute atomic E-state index is 0.246. The molecule has 0 radical (unpaired) electrons. The van der Waals surface area contributed by atoms with Crippen LogP contribution in [0.4, 0.5) is 0 Å². The highest BCUT2D eigenvalue weighted by molar-refractivity contribution is 5.94. The van der Waals surface area contributed by atoms with Crippen LogP contribution < -0.4 is 14.8 Å². The van der Waals surface area contributed by atoms with E-state index in [1.165, 1.54) is 13.3 Å². The van der Waals surface area contributed by atoms with Crippen LogP contribution in [0, 0.1) is 0 Å². The molecular formula is C19H20N4O3. The maximum absolute atomic E-state index is 12.7. The Labute approximate surface area is 151 Å². The number of hydrogen-bond donors (Lipinski definition) is 1. The zero-order valence-electron chi connectivity index (χ0n) is 14.8. The molecule has 1 amide bonds. The average molecular weight is 352 g/mol. The maximum atomic E-state index is 12.7. The number of rotatable bonds is 6. The van der Waals surface area contributed by atoms with Gasteiger partial charge in [-0.15, -0.1) is 0 Å². The molecule has 3 aromatic rings. The standard InChI is InChI=1S/C19H20N4O3/c1-23-11-10-20-18(23)17(13-4-7-15(25-2)8-5-13)22-19(24)14-6-9-16(26-3)21-12-14/h4-12,17H,1-3H3,(H,22,24). The number of nitrogens with one attached hydrogen (secondary N) is 1. The van der Waals surface area contributed by atoms with Crippen molar-refractivity contribution in [3.8, 4) is 11.6 Å². The van der Waals surface area contributed by atoms with E-state index in [0.29, 0.717) is 11.4 Å². The third-order valence-corrected chi connectivity index (χ3v) is 4.05. The monoisotopic (exact) mass is 352 g/mol. The van der Waals surface area contributed by atoms with Crippen LogP contribution in [0.3, 0.4) is 0 Å². The molecule has 1 atom stereocenters. The predicted octanol–water partition coefficient (Wildman–Crippen LogP) is 2.35. The number of nitrogens with zero attached hydrogens (tertiary/aromatic N) is 3. The zero-order chi connectivity index (χ0) is 18.5. The van der Waals surface area contributed by atoms with Gasteiger partial charge in [-0.1, -0.05) is 12.1 Å². The van der Waals surface area contributed by atoms with Crippen molar-refractivity contribution in [2.24, 2.45) is 7.05 Å². The van der Waals surface area contributed by atoms with Crippen molar-refractivity contribution in [2.45, 2.75) is 6.04 Å². The molecule has 0 aliphatic rings. The summed E-state index contributed by atoms with van der Waals surface area (Å²) in [5, 5.41) is 3.02. The summed E-state index contributed by atoms with van der Waals surface area (Å²) in [6, 6.07) is 10.4. The molecule has 7 heteroatoms. The highest BCUT2D eigenvalue weighted by Crippen LogP contribution is 2.23. The molecule has 0 bridgehead atoms. The Hall–Kier alpha value is -3.35. The number of carbonyl (C=O) groups is 1. The summed E-state index contributed by atoms with van der Waals surface area (Å²) in [5.41, 5.74) is 1.34. The molecule has 2 aromatic heterocycles. The van der Waals surface area contributed by atoms with Gasteiger partial charge in [0.15, 0.2) is 0 Å². The lowest BCUT2D eigenvalue weighted by Gasteiger charge is -2.19. The van der Waals surface area contributed by atoms with Crippen molar-refractivity contribution >= 4 is 5.91 Å². The first-order valence-electron chi connectivity index (χ1n) is 8.04. The molecule has 134 valence electrons. The van der Waals surface area contributed by atoms with Gasteiger partial charge in [0.05, 0.1) is 19.8 Å². The third-order valence-electron chi connectivity index (χ3n) is 4.05. The summed E-state index contributed by atoms with van der Waals surface area (Å²) >= 11 is 0. The summed E-state index contributed by atoms with van der Waals surface area (Å²) in [6.07, 6.45) is 5.03. The van der Waals surface area contributed by atoms with E-state index < -0.39 is 6.04 Å². The minimum Gasteiger partial charge on any atom is -0.497 e. The summed E-state index contributed by atoms with van der Waals surface area (Å²) in [6.45, 7) is 0. The smallest absolute Gasteiger partial charge is 0.253 e. The molecule has 1 N–H and O–H groups in total. The molecule has 0 fully saturated rings. The number of carbonyl (C=O) groups excluding carboxylic acids is 1. The molecule has 0 aliphatic heterocycles. The molecule has 0 saturated carbocycles. The SMILES string of the molecule is COc1ccc(C(NC(=O)c2ccc(OC)nc2)c2nccn2C)cc1. The fourth-order valence-electron chi connectivity index (χ4n) is 2.60. The third kappa shape index (κ3) is 3.66. The van der Waals surface area contributed by atoms with Crippen LogP contribution >= 0.6 is 0 Å². The molecule has 1 unspecified atom stereocenters. The second-order valence-electron chi connectivity index (χ2n) is 5.67. The Bertz CT molecular complexity index is 873. The lowest BCUT2D eigenvalue weighted by atomic mass is 10.1. The van der Waals surface area contributed by atoms with E-state index in [-0.39, 0.29) is 5.91 Å². The van der Waals surface area contributed by atoms with Crippen LogP contribution in [-0.4, -0.2) is 34.7 Å². The van der Waals surface area contributed by atoms with Gasteiger partial charge in [0.1, 0.15) is 17.6 Å². The van der Waals surface area contributed by atoms with Crippen LogP contribution in [-0.2, 0) is 7.05 Å². The van der Waals surface area contributed by atoms with Crippen molar-refractivity contribution in [2.75, 3.05) is 14.2 Å². The fourth-order valence-corrected chi connectivity index (χ4v) is 2.60. The van der Waals surface area contributed by atoms with Gasteiger partial charge in [-0.25, -0.2) is 9.97 Å². The van der Waals surface area contributed by atoms with E-state index in [4.69, 9.17) is 9.47 Å². The van der Waals surface area contributed by atoms with Gasteiger partial charge in [0.2, 0.25) is 5.88 Å². The van der Waals surface area contributed by atoms with Crippen molar-refractivity contribution in [1.82, 2.24) is 19.9 Å². The van der Waals surface area contributed by atoms with Crippen molar-refractivity contribution in [3.63, 3.8) is 0 Å². The Kier molecular flexibility index (Phi) is 5.17. The van der Waals surface area contributed by atoms with Gasteiger partial charge >= 0.3 is 0 Å². The van der Waals surface area contributed by atoms with Crippen LogP contribution in [0.2, 0.25) is 0 Å². The fraction of sp³-hybridized carbons (Fsp3) is 0.211. The van der Waals surface area contributed by atoms with E-state index in [1.807, 2.05) is 42.1 Å². The number of benzene rings is 1. The Balaban J connectivity index is 1.90. The molecule has 2 heterocycles. The lowest BCUT2D eigenvalue weighted by molar-refractivity contribution is 0.0940. The number of aromatic nitrogens is 3. The van der Waals surface area contributed by atoms with Gasteiger partial charge < -0.3 is 19.4 Å². The number of aryl methyl sites for hydroxylation is 1. The van der Waals surface area contributed by atoms with E-state index >= 15 is 0 Å². The molecule has 7 nitrogen and oxygen atoms in total. The largest absolute Gasteiger partial charge is 0.497 e. The maximum Gasteiger partial charge on any atom is 0.253 e. The second-order valence-corrected chi connectivity index (χ2v) is 5.67. The highest BCUT2D eigenvalue weighted by atomic mass is 16.5. The number of pyridine rings is 1. The predicted molar refractivity (Wildman–Crippen MR) is 96.3 cm³/mol. The van der Waals surface area contributed by atoms with E-state index in [1.54, 1.807) is 25.4 Å². The minimum atomic E-state index is -0.407. The first-order valence-corrected chi connectivity index (χ1v) is 8.04. The summed E-state index contributed by atoms with van der Waals surface area (Å²) in [5.74, 6) is 1.68. The zero-order valence-corrected chi connectivity index (χ0v) is 14.8. The van der Waals surface area contributed by atoms with Gasteiger partial charge in [-0.2, -0.15) is 0 Å². The first-order chi connectivity index (χ1) is 12.6. The second kappa shape index (κ2) is 7.69. The quantitative estimate of drug-likeness (QED) is 0.737. The van der Waals surface area contributed by atoms with Crippen molar-refractivity contribution in [3.05, 3.63) is 71.9 Å². The van der Waals surface area contributed by atoms with Crippen molar-refractivity contribution < 1.29 is 14.3 Å². The number of methoxy groups -OCH3 is 2. The summed E-state index contributed by atoms with van der Waals surface area (Å²) < 4.78 is 12.1. The highest BCUT2D eigenvalue weighted by Gasteiger charge is 2.21. The topological polar surface area (TPSA) is 78.3 Å². The van der Waals surface area contributed by atoms with E-state index in [2.05, 4.69) is 15.3 Å².